The van der Waals surface area contributed by atoms with Crippen LogP contribution in [0, 0.1) is 0 Å². The van der Waals surface area contributed by atoms with Crippen molar-refractivity contribution >= 4 is 5.95 Å². The smallest absolute Gasteiger partial charge is 0.337 e. The third kappa shape index (κ3) is 3.61. The number of para-hydroxylation sites is 1. The van der Waals surface area contributed by atoms with E-state index in [2.05, 4.69) is 15.5 Å². The molecule has 3 rings (SSSR count). The molecule has 0 bridgehead atoms. The Bertz CT molecular complexity index is 641. The summed E-state index contributed by atoms with van der Waals surface area (Å²) in [6.45, 7) is 2.12. The van der Waals surface area contributed by atoms with Crippen LogP contribution in [0.1, 0.15) is 6.92 Å². The molecule has 1 fully saturated rings. The summed E-state index contributed by atoms with van der Waals surface area (Å²) in [5, 5.41) is 11.7. The Morgan fingerprint density at radius 3 is 2.57 bits per heavy atom. The maximum atomic E-state index is 12.6. The topological polar surface area (TPSA) is 50.1 Å². The number of rotatable bonds is 3. The molecule has 1 atom stereocenters. The maximum Gasteiger partial charge on any atom is 0.401 e. The lowest BCUT2D eigenvalue weighted by Crippen LogP contribution is -2.54. The minimum absolute atomic E-state index is 0.230. The van der Waals surface area contributed by atoms with Gasteiger partial charge in [-0.2, -0.15) is 17.9 Å². The van der Waals surface area contributed by atoms with E-state index in [-0.39, 0.29) is 6.04 Å². The number of tetrazole rings is 1. The summed E-state index contributed by atoms with van der Waals surface area (Å²) in [5.74, 6) is 0.551. The van der Waals surface area contributed by atoms with Crippen molar-refractivity contribution in [3.8, 4) is 5.69 Å². The van der Waals surface area contributed by atoms with E-state index in [1.807, 2.05) is 35.2 Å². The van der Waals surface area contributed by atoms with E-state index in [1.165, 1.54) is 4.90 Å². The van der Waals surface area contributed by atoms with Crippen LogP contribution < -0.4 is 4.90 Å². The Kier molecular flexibility index (Phi) is 4.20. The Morgan fingerprint density at radius 1 is 1.17 bits per heavy atom. The third-order valence-corrected chi connectivity index (χ3v) is 3.88. The molecule has 6 nitrogen and oxygen atoms in total. The van der Waals surface area contributed by atoms with Gasteiger partial charge < -0.3 is 4.90 Å². The van der Waals surface area contributed by atoms with Crippen LogP contribution in [-0.4, -0.2) is 63.5 Å². The molecule has 0 amide bonds. The van der Waals surface area contributed by atoms with Crippen LogP contribution in [0.15, 0.2) is 30.3 Å². The van der Waals surface area contributed by atoms with Crippen molar-refractivity contribution in [1.29, 1.82) is 0 Å². The van der Waals surface area contributed by atoms with E-state index in [9.17, 15) is 13.2 Å². The Morgan fingerprint density at radius 2 is 1.91 bits per heavy atom. The third-order valence-electron chi connectivity index (χ3n) is 3.88. The Balaban J connectivity index is 1.75. The van der Waals surface area contributed by atoms with E-state index < -0.39 is 12.7 Å². The molecule has 0 saturated carbocycles. The summed E-state index contributed by atoms with van der Waals surface area (Å²) in [5.41, 5.74) is 0.817. The van der Waals surface area contributed by atoms with E-state index in [1.54, 1.807) is 11.6 Å². The highest BCUT2D eigenvalue weighted by atomic mass is 19.4. The molecule has 1 saturated heterocycles. The Labute approximate surface area is 131 Å². The summed E-state index contributed by atoms with van der Waals surface area (Å²) < 4.78 is 39.3. The Hall–Kier alpha value is -2.16. The SMILES string of the molecule is CC1CN(c2nnnn2-c2ccccc2)CCN1CC(F)(F)F. The van der Waals surface area contributed by atoms with Crippen LogP contribution in [0.3, 0.4) is 0 Å². The summed E-state index contributed by atoms with van der Waals surface area (Å²) in [4.78, 5) is 3.36. The molecule has 2 heterocycles. The lowest BCUT2D eigenvalue weighted by Gasteiger charge is -2.40. The minimum Gasteiger partial charge on any atom is -0.337 e. The van der Waals surface area contributed by atoms with Crippen molar-refractivity contribution in [2.75, 3.05) is 31.1 Å². The maximum absolute atomic E-state index is 12.6. The van der Waals surface area contributed by atoms with Crippen molar-refractivity contribution in [2.45, 2.75) is 19.1 Å². The highest BCUT2D eigenvalue weighted by Gasteiger charge is 2.35. The average Bonchev–Trinajstić information content (AvgIpc) is 2.98. The average molecular weight is 326 g/mol. The van der Waals surface area contributed by atoms with Gasteiger partial charge in [-0.25, -0.2) is 0 Å². The van der Waals surface area contributed by atoms with Crippen LogP contribution in [-0.2, 0) is 0 Å². The quantitative estimate of drug-likeness (QED) is 0.860. The minimum atomic E-state index is -4.18. The number of halogens is 3. The van der Waals surface area contributed by atoms with Gasteiger partial charge in [-0.3, -0.25) is 4.90 Å². The number of piperazine rings is 1. The zero-order chi connectivity index (χ0) is 16.4. The van der Waals surface area contributed by atoms with Gasteiger partial charge in [-0.15, -0.1) is 0 Å². The summed E-state index contributed by atoms with van der Waals surface area (Å²) >= 11 is 0. The first-order chi connectivity index (χ1) is 10.9. The molecular weight excluding hydrogens is 309 g/mol. The van der Waals surface area contributed by atoms with Crippen LogP contribution in [0.5, 0.6) is 0 Å². The first-order valence-corrected chi connectivity index (χ1v) is 7.33. The normalized spacial score (nSPS) is 20.0. The van der Waals surface area contributed by atoms with Gasteiger partial charge in [0.1, 0.15) is 0 Å². The number of anilines is 1. The molecule has 0 N–H and O–H groups in total. The second-order valence-corrected chi connectivity index (χ2v) is 5.61. The molecule has 1 aromatic carbocycles. The van der Waals surface area contributed by atoms with Gasteiger partial charge in [0.15, 0.2) is 0 Å². The van der Waals surface area contributed by atoms with Gasteiger partial charge in [0.05, 0.1) is 12.2 Å². The monoisotopic (exact) mass is 326 g/mol. The van der Waals surface area contributed by atoms with Gasteiger partial charge in [0.25, 0.3) is 0 Å². The fraction of sp³-hybridized carbons (Fsp3) is 0.500. The zero-order valence-corrected chi connectivity index (χ0v) is 12.6. The van der Waals surface area contributed by atoms with Gasteiger partial charge in [0, 0.05) is 25.7 Å². The van der Waals surface area contributed by atoms with Gasteiger partial charge in [0.2, 0.25) is 5.95 Å². The predicted molar refractivity (Wildman–Crippen MR) is 78.5 cm³/mol. The number of aromatic nitrogens is 4. The molecular formula is C14H17F3N6. The number of hydrogen-bond donors (Lipinski definition) is 0. The van der Waals surface area contributed by atoms with E-state index in [0.29, 0.717) is 25.6 Å². The van der Waals surface area contributed by atoms with Crippen LogP contribution >= 0.6 is 0 Å². The molecule has 0 spiro atoms. The molecule has 1 aliphatic heterocycles. The van der Waals surface area contributed by atoms with Gasteiger partial charge in [-0.1, -0.05) is 23.3 Å². The van der Waals surface area contributed by atoms with Crippen LogP contribution in [0.2, 0.25) is 0 Å². The summed E-state index contributed by atoms with van der Waals surface area (Å²) in [6.07, 6.45) is -4.18. The van der Waals surface area contributed by atoms with Crippen molar-refractivity contribution in [2.24, 2.45) is 0 Å². The van der Waals surface area contributed by atoms with E-state index in [4.69, 9.17) is 0 Å². The second kappa shape index (κ2) is 6.15. The van der Waals surface area contributed by atoms with Crippen molar-refractivity contribution in [1.82, 2.24) is 25.1 Å². The van der Waals surface area contributed by atoms with E-state index >= 15 is 0 Å². The molecule has 1 unspecified atom stereocenters. The first-order valence-electron chi connectivity index (χ1n) is 7.33. The fourth-order valence-corrected chi connectivity index (χ4v) is 2.76. The van der Waals surface area contributed by atoms with Crippen LogP contribution in [0.4, 0.5) is 19.1 Å². The van der Waals surface area contributed by atoms with Gasteiger partial charge >= 0.3 is 6.18 Å². The highest BCUT2D eigenvalue weighted by molar-refractivity contribution is 5.41. The molecule has 9 heteroatoms. The molecule has 2 aromatic rings. The molecule has 124 valence electrons. The highest BCUT2D eigenvalue weighted by Crippen LogP contribution is 2.23. The van der Waals surface area contributed by atoms with Crippen molar-refractivity contribution < 1.29 is 13.2 Å². The number of nitrogens with zero attached hydrogens (tertiary/aromatic N) is 6. The van der Waals surface area contributed by atoms with Crippen LogP contribution in [0.25, 0.3) is 5.69 Å². The van der Waals surface area contributed by atoms with Crippen molar-refractivity contribution in [3.63, 3.8) is 0 Å². The first kappa shape index (κ1) is 15.7. The molecule has 23 heavy (non-hydrogen) atoms. The molecule has 0 aliphatic carbocycles. The van der Waals surface area contributed by atoms with Gasteiger partial charge in [-0.05, 0) is 29.5 Å². The zero-order valence-electron chi connectivity index (χ0n) is 12.6. The number of hydrogen-bond acceptors (Lipinski definition) is 5. The number of alkyl halides is 3. The largest absolute Gasteiger partial charge is 0.401 e. The molecule has 0 radical (unpaired) electrons. The molecule has 1 aromatic heterocycles. The standard InChI is InChI=1S/C14H17F3N6/c1-11-9-21(7-8-22(11)10-14(15,16)17)13-18-19-20-23(13)12-5-3-2-4-6-12/h2-6,11H,7-10H2,1H3. The lowest BCUT2D eigenvalue weighted by atomic mass is 10.2. The molecule has 1 aliphatic rings. The lowest BCUT2D eigenvalue weighted by molar-refractivity contribution is -0.150. The second-order valence-electron chi connectivity index (χ2n) is 5.61. The number of benzene rings is 1. The summed E-state index contributed by atoms with van der Waals surface area (Å²) in [7, 11) is 0. The predicted octanol–water partition coefficient (Wildman–Crippen LogP) is 1.74. The van der Waals surface area contributed by atoms with Crippen molar-refractivity contribution in [3.05, 3.63) is 30.3 Å². The van der Waals surface area contributed by atoms with E-state index in [0.717, 1.165) is 5.69 Å². The fourth-order valence-electron chi connectivity index (χ4n) is 2.76. The summed E-state index contributed by atoms with van der Waals surface area (Å²) in [6, 6.07) is 9.18.